The predicted octanol–water partition coefficient (Wildman–Crippen LogP) is 13.6. The van der Waals surface area contributed by atoms with Gasteiger partial charge in [-0.1, -0.05) is 121 Å². The highest BCUT2D eigenvalue weighted by Gasteiger charge is 2.38. The molecule has 2 saturated carbocycles. The summed E-state index contributed by atoms with van der Waals surface area (Å²) in [5.74, 6) is 6.05. The molecule has 4 heteroatoms. The Hall–Kier alpha value is -3.92. The average Bonchev–Trinajstić information content (AvgIpc) is 3.17. The van der Waals surface area contributed by atoms with Crippen LogP contribution in [0.2, 0.25) is 0 Å². The van der Waals surface area contributed by atoms with Crippen LogP contribution in [0.3, 0.4) is 0 Å². The maximum Gasteiger partial charge on any atom is 0.127 e. The van der Waals surface area contributed by atoms with Crippen LogP contribution in [-0.2, 0) is 5.41 Å². The van der Waals surface area contributed by atoms with Gasteiger partial charge < -0.3 is 20.9 Å². The normalized spacial score (nSPS) is 19.1. The number of benzene rings is 4. The van der Waals surface area contributed by atoms with E-state index in [4.69, 9.17) is 20.9 Å². The molecule has 0 spiro atoms. The fourth-order valence-electron chi connectivity index (χ4n) is 8.90. The highest BCUT2D eigenvalue weighted by molar-refractivity contribution is 5.47. The zero-order chi connectivity index (χ0) is 35.3. The van der Waals surface area contributed by atoms with Crippen molar-refractivity contribution in [3.8, 4) is 23.0 Å². The first-order chi connectivity index (χ1) is 25.0. The summed E-state index contributed by atoms with van der Waals surface area (Å²) in [5.41, 5.74) is 16.0. The predicted molar refractivity (Wildman–Crippen MR) is 215 cm³/mol. The number of nitrogens with two attached hydrogens (primary N) is 2. The molecule has 0 heterocycles. The number of hydrogen-bond donors (Lipinski definition) is 2. The van der Waals surface area contributed by atoms with E-state index in [0.717, 1.165) is 52.1 Å². The Balaban J connectivity index is 1.05. The second-order valence-electron chi connectivity index (χ2n) is 15.8. The van der Waals surface area contributed by atoms with E-state index in [-0.39, 0.29) is 5.41 Å². The zero-order valence-electron chi connectivity index (χ0n) is 31.2. The molecule has 0 aromatic heterocycles. The van der Waals surface area contributed by atoms with Gasteiger partial charge in [0.2, 0.25) is 0 Å². The van der Waals surface area contributed by atoms with Gasteiger partial charge in [-0.25, -0.2) is 0 Å². The lowest BCUT2D eigenvalue weighted by Crippen LogP contribution is -2.33. The molecule has 0 atom stereocenters. The van der Waals surface area contributed by atoms with Crippen LogP contribution >= 0.6 is 0 Å². The van der Waals surface area contributed by atoms with Gasteiger partial charge in [-0.3, -0.25) is 0 Å². The number of ether oxygens (including phenoxy) is 2. The Bertz CT molecular complexity index is 1470. The fraction of sp³-hybridized carbons (Fsp3) is 0.489. The van der Waals surface area contributed by atoms with E-state index >= 15 is 0 Å². The summed E-state index contributed by atoms with van der Waals surface area (Å²) in [5, 5.41) is 0. The van der Waals surface area contributed by atoms with Gasteiger partial charge in [-0.15, -0.1) is 0 Å². The summed E-state index contributed by atoms with van der Waals surface area (Å²) in [6, 6.07) is 32.8. The molecule has 0 saturated heterocycles. The van der Waals surface area contributed by atoms with Crippen LogP contribution in [0.15, 0.2) is 97.1 Å². The van der Waals surface area contributed by atoms with Crippen LogP contribution in [0.25, 0.3) is 0 Å². The van der Waals surface area contributed by atoms with Gasteiger partial charge >= 0.3 is 0 Å². The summed E-state index contributed by atoms with van der Waals surface area (Å²) in [6.07, 6.45) is 25.1. The number of unbranched alkanes of at least 4 members (excludes halogenated alkanes) is 6. The summed E-state index contributed by atoms with van der Waals surface area (Å²) in [7, 11) is 0. The van der Waals surface area contributed by atoms with E-state index in [1.807, 2.05) is 48.5 Å². The summed E-state index contributed by atoms with van der Waals surface area (Å²) < 4.78 is 12.3. The molecule has 2 fully saturated rings. The smallest absolute Gasteiger partial charge is 0.127 e. The third-order valence-corrected chi connectivity index (χ3v) is 12.2. The topological polar surface area (TPSA) is 70.5 Å². The minimum absolute atomic E-state index is 0.0238. The van der Waals surface area contributed by atoms with Gasteiger partial charge in [-0.2, -0.15) is 0 Å². The maximum atomic E-state index is 6.17. The SMILES string of the molecule is CCCCCCCCCC1CCC(CCC2CCC(c3ccc(Oc4ccc(N)cc4)cc3)(c3ccc(Oc4ccc(N)cc4)cc3)CC2)CC1. The first kappa shape index (κ1) is 36.9. The van der Waals surface area contributed by atoms with Crippen molar-refractivity contribution in [2.45, 2.75) is 128 Å². The Morgan fingerprint density at radius 1 is 0.451 bits per heavy atom. The molecule has 0 bridgehead atoms. The molecule has 2 aliphatic rings. The first-order valence-electron chi connectivity index (χ1n) is 20.3. The molecule has 4 nitrogen and oxygen atoms in total. The average molecular weight is 687 g/mol. The Morgan fingerprint density at radius 3 is 1.24 bits per heavy atom. The number of anilines is 2. The van der Waals surface area contributed by atoms with Crippen LogP contribution < -0.4 is 20.9 Å². The zero-order valence-corrected chi connectivity index (χ0v) is 31.2. The molecule has 0 radical (unpaired) electrons. The van der Waals surface area contributed by atoms with Gasteiger partial charge in [0, 0.05) is 16.8 Å². The summed E-state index contributed by atoms with van der Waals surface area (Å²) in [6.45, 7) is 2.31. The second kappa shape index (κ2) is 18.5. The molecule has 0 aliphatic heterocycles. The van der Waals surface area contributed by atoms with Crippen LogP contribution in [0.5, 0.6) is 23.0 Å². The van der Waals surface area contributed by atoms with Crippen molar-refractivity contribution in [1.29, 1.82) is 0 Å². The van der Waals surface area contributed by atoms with Crippen molar-refractivity contribution in [2.24, 2.45) is 17.8 Å². The number of rotatable bonds is 17. The largest absolute Gasteiger partial charge is 0.457 e. The van der Waals surface area contributed by atoms with E-state index in [1.54, 1.807) is 0 Å². The third-order valence-electron chi connectivity index (χ3n) is 12.2. The lowest BCUT2D eigenvalue weighted by Gasteiger charge is -2.42. The van der Waals surface area contributed by atoms with E-state index in [1.165, 1.54) is 127 Å². The summed E-state index contributed by atoms with van der Waals surface area (Å²) in [4.78, 5) is 0. The van der Waals surface area contributed by atoms with Gasteiger partial charge in [0.25, 0.3) is 0 Å². The van der Waals surface area contributed by atoms with E-state index in [9.17, 15) is 0 Å². The van der Waals surface area contributed by atoms with E-state index in [0.29, 0.717) is 0 Å². The quantitative estimate of drug-likeness (QED) is 0.0857. The van der Waals surface area contributed by atoms with Crippen molar-refractivity contribution < 1.29 is 9.47 Å². The molecule has 4 N–H and O–H groups in total. The number of nitrogen functional groups attached to an aromatic ring is 2. The van der Waals surface area contributed by atoms with Crippen LogP contribution in [0.1, 0.15) is 134 Å². The lowest BCUT2D eigenvalue weighted by molar-refractivity contribution is 0.208. The molecule has 2 aliphatic carbocycles. The van der Waals surface area contributed by atoms with Crippen molar-refractivity contribution in [3.05, 3.63) is 108 Å². The van der Waals surface area contributed by atoms with Crippen LogP contribution in [0.4, 0.5) is 11.4 Å². The minimum Gasteiger partial charge on any atom is -0.457 e. The molecule has 4 aromatic carbocycles. The van der Waals surface area contributed by atoms with Gasteiger partial charge in [0.1, 0.15) is 23.0 Å². The van der Waals surface area contributed by atoms with Gasteiger partial charge in [-0.05, 0) is 127 Å². The van der Waals surface area contributed by atoms with E-state index < -0.39 is 0 Å². The van der Waals surface area contributed by atoms with Crippen molar-refractivity contribution in [2.75, 3.05) is 11.5 Å². The third kappa shape index (κ3) is 10.6. The van der Waals surface area contributed by atoms with Crippen LogP contribution in [-0.4, -0.2) is 0 Å². The monoisotopic (exact) mass is 686 g/mol. The first-order valence-corrected chi connectivity index (χ1v) is 20.3. The molecular formula is C47H62N2O2. The second-order valence-corrected chi connectivity index (χ2v) is 15.8. The minimum atomic E-state index is -0.0238. The Labute approximate surface area is 308 Å². The van der Waals surface area contributed by atoms with Crippen molar-refractivity contribution in [3.63, 3.8) is 0 Å². The fourth-order valence-corrected chi connectivity index (χ4v) is 8.90. The standard InChI is InChI=1S/C47H62N2O2/c1-2-3-4-5-6-7-8-9-36-10-12-37(13-11-36)14-15-38-32-34-47(35-33-38,39-16-24-43(25-17-39)50-45-28-20-41(48)21-29-45)40-18-26-44(27-19-40)51-46-30-22-42(49)23-31-46/h16-31,36-38H,2-15,32-35,48-49H2,1H3. The molecule has 0 unspecified atom stereocenters. The molecule has 0 amide bonds. The highest BCUT2D eigenvalue weighted by Crippen LogP contribution is 2.49. The van der Waals surface area contributed by atoms with Gasteiger partial charge in [0.15, 0.2) is 0 Å². The van der Waals surface area contributed by atoms with E-state index in [2.05, 4.69) is 55.5 Å². The molecule has 51 heavy (non-hydrogen) atoms. The Morgan fingerprint density at radius 2 is 0.804 bits per heavy atom. The number of hydrogen-bond acceptors (Lipinski definition) is 4. The molecule has 272 valence electrons. The Kier molecular flexibility index (Phi) is 13.4. The maximum absolute atomic E-state index is 6.17. The van der Waals surface area contributed by atoms with Crippen LogP contribution in [0, 0.1) is 17.8 Å². The molecule has 4 aromatic rings. The summed E-state index contributed by atoms with van der Waals surface area (Å²) >= 11 is 0. The van der Waals surface area contributed by atoms with Crippen molar-refractivity contribution >= 4 is 11.4 Å². The molecule has 6 rings (SSSR count). The van der Waals surface area contributed by atoms with Gasteiger partial charge in [0.05, 0.1) is 0 Å². The van der Waals surface area contributed by atoms with Crippen molar-refractivity contribution in [1.82, 2.24) is 0 Å². The lowest BCUT2D eigenvalue weighted by atomic mass is 9.62. The molecular weight excluding hydrogens is 625 g/mol. The highest BCUT2D eigenvalue weighted by atomic mass is 16.5.